The number of carbonyl (C=O) groups excluding carboxylic acids is 2. The molecule has 2 atom stereocenters. The largest absolute Gasteiger partial charge is 0.598 e. The fourth-order valence-corrected chi connectivity index (χ4v) is 5.59. The number of hydrogen-bond acceptors (Lipinski definition) is 8. The lowest BCUT2D eigenvalue weighted by Crippen LogP contribution is -2.40. The summed E-state index contributed by atoms with van der Waals surface area (Å²) in [6.45, 7) is 15.8. The van der Waals surface area contributed by atoms with E-state index in [2.05, 4.69) is 10.0 Å². The summed E-state index contributed by atoms with van der Waals surface area (Å²) in [5, 5.41) is 3.69. The molecule has 0 saturated carbocycles. The third kappa shape index (κ3) is 10.2. The Morgan fingerprint density at radius 3 is 2.40 bits per heavy atom. The van der Waals surface area contributed by atoms with Crippen molar-refractivity contribution in [3.63, 3.8) is 0 Å². The number of nitrogens with one attached hydrogen (secondary N) is 2. The van der Waals surface area contributed by atoms with Crippen LogP contribution in [-0.4, -0.2) is 33.6 Å². The fraction of sp³-hybridized carbons (Fsp3) is 0.405. The maximum atomic E-state index is 12.9. The molecule has 0 aliphatic carbocycles. The summed E-state index contributed by atoms with van der Waals surface area (Å²) >= 11 is -1.29. The number of benzene rings is 3. The standard InChI is InChI=1S/C37H46N2O7S/c1-9-43-33(40)21-28-14-10-11-16-31(28)44-23-26-18-29-20-32(24(2)39-47(42)37(6,7)8)45-34(29)30(19-26)27-15-12-13-25(17-27)22-38-35(41)46-36(3,4)5/h10-20,24,39H,9,21-23H2,1-8H3,(H,38,41)/t24-,47?/m1/s1. The van der Waals surface area contributed by atoms with E-state index in [-0.39, 0.29) is 31.6 Å². The Kier molecular flexibility index (Phi) is 11.7. The lowest BCUT2D eigenvalue weighted by atomic mass is 9.98. The Labute approximate surface area is 280 Å². The minimum Gasteiger partial charge on any atom is -0.598 e. The van der Waals surface area contributed by atoms with E-state index in [4.69, 9.17) is 18.6 Å². The maximum absolute atomic E-state index is 12.9. The van der Waals surface area contributed by atoms with Gasteiger partial charge in [-0.2, -0.15) is 0 Å². The van der Waals surface area contributed by atoms with Crippen molar-refractivity contribution in [1.29, 1.82) is 0 Å². The third-order valence-corrected chi connectivity index (χ3v) is 8.72. The van der Waals surface area contributed by atoms with Crippen LogP contribution < -0.4 is 14.8 Å². The Balaban J connectivity index is 1.67. The normalized spacial score (nSPS) is 13.2. The monoisotopic (exact) mass is 662 g/mol. The minimum absolute atomic E-state index is 0.115. The molecule has 0 radical (unpaired) electrons. The first kappa shape index (κ1) is 35.9. The summed E-state index contributed by atoms with van der Waals surface area (Å²) in [5.74, 6) is 0.946. The lowest BCUT2D eigenvalue weighted by Gasteiger charge is -2.25. The van der Waals surface area contributed by atoms with E-state index in [1.165, 1.54) is 0 Å². The number of amides is 1. The zero-order chi connectivity index (χ0) is 34.4. The molecule has 252 valence electrons. The van der Waals surface area contributed by atoms with Gasteiger partial charge in [-0.3, -0.25) is 4.79 Å². The molecule has 1 heterocycles. The number of hydrogen-bond donors (Lipinski definition) is 2. The quantitative estimate of drug-likeness (QED) is 0.116. The van der Waals surface area contributed by atoms with Crippen molar-refractivity contribution >= 4 is 34.4 Å². The first-order chi connectivity index (χ1) is 22.1. The molecule has 4 rings (SSSR count). The van der Waals surface area contributed by atoms with Crippen molar-refractivity contribution in [2.75, 3.05) is 6.61 Å². The predicted octanol–water partition coefficient (Wildman–Crippen LogP) is 7.92. The van der Waals surface area contributed by atoms with Crippen LogP contribution in [-0.2, 0) is 45.2 Å². The Morgan fingerprint density at radius 1 is 0.957 bits per heavy atom. The molecule has 0 aliphatic rings. The van der Waals surface area contributed by atoms with E-state index in [0.717, 1.165) is 33.2 Å². The Hall–Kier alpha value is -3.99. The molecule has 9 nitrogen and oxygen atoms in total. The van der Waals surface area contributed by atoms with E-state index < -0.39 is 27.8 Å². The average Bonchev–Trinajstić information content (AvgIpc) is 3.43. The molecule has 47 heavy (non-hydrogen) atoms. The molecule has 1 amide bonds. The van der Waals surface area contributed by atoms with E-state index in [1.54, 1.807) is 6.92 Å². The second-order valence-corrected chi connectivity index (χ2v) is 15.4. The molecule has 4 aromatic rings. The van der Waals surface area contributed by atoms with Gasteiger partial charge < -0.3 is 28.5 Å². The fourth-order valence-electron chi connectivity index (χ4n) is 4.80. The van der Waals surface area contributed by atoms with Gasteiger partial charge in [0.15, 0.2) is 0 Å². The van der Waals surface area contributed by atoms with Crippen LogP contribution in [0.3, 0.4) is 0 Å². The number of furan rings is 1. The highest BCUT2D eigenvalue weighted by Crippen LogP contribution is 2.36. The number of fused-ring (bicyclic) bond motifs is 1. The highest BCUT2D eigenvalue weighted by molar-refractivity contribution is 7.90. The summed E-state index contributed by atoms with van der Waals surface area (Å²) < 4.78 is 38.8. The third-order valence-electron chi connectivity index (χ3n) is 7.04. The van der Waals surface area contributed by atoms with E-state index >= 15 is 0 Å². The van der Waals surface area contributed by atoms with Gasteiger partial charge in [0.2, 0.25) is 0 Å². The van der Waals surface area contributed by atoms with Crippen LogP contribution in [0.4, 0.5) is 4.79 Å². The van der Waals surface area contributed by atoms with Gasteiger partial charge in [-0.25, -0.2) is 4.79 Å². The molecular weight excluding hydrogens is 616 g/mol. The first-order valence-electron chi connectivity index (χ1n) is 15.8. The van der Waals surface area contributed by atoms with Gasteiger partial charge in [-0.15, -0.1) is 4.72 Å². The number of esters is 1. The number of para-hydroxylation sites is 1. The Morgan fingerprint density at radius 2 is 1.70 bits per heavy atom. The van der Waals surface area contributed by atoms with Crippen LogP contribution in [0.15, 0.2) is 71.1 Å². The van der Waals surface area contributed by atoms with Crippen molar-refractivity contribution in [2.24, 2.45) is 0 Å². The highest BCUT2D eigenvalue weighted by Gasteiger charge is 2.29. The molecule has 2 N–H and O–H groups in total. The van der Waals surface area contributed by atoms with E-state index in [1.807, 2.05) is 115 Å². The van der Waals surface area contributed by atoms with Gasteiger partial charge >= 0.3 is 12.1 Å². The van der Waals surface area contributed by atoms with Gasteiger partial charge in [0.25, 0.3) is 0 Å². The average molecular weight is 663 g/mol. The van der Waals surface area contributed by atoms with Gasteiger partial charge in [0.1, 0.15) is 40.1 Å². The topological polar surface area (TPSA) is 122 Å². The zero-order valence-corrected chi connectivity index (χ0v) is 29.3. The summed E-state index contributed by atoms with van der Waals surface area (Å²) in [5.41, 5.74) is 4.34. The van der Waals surface area contributed by atoms with Crippen LogP contribution in [0, 0.1) is 0 Å². The van der Waals surface area contributed by atoms with Gasteiger partial charge in [0.05, 0.1) is 13.0 Å². The van der Waals surface area contributed by atoms with Gasteiger partial charge in [-0.05, 0) is 102 Å². The van der Waals surface area contributed by atoms with Crippen LogP contribution in [0.2, 0.25) is 0 Å². The number of carbonyl (C=O) groups is 2. The van der Waals surface area contributed by atoms with Gasteiger partial charge in [-0.1, -0.05) is 36.4 Å². The maximum Gasteiger partial charge on any atom is 0.407 e. The number of alkyl carbamates (subject to hydrolysis) is 1. The second-order valence-electron chi connectivity index (χ2n) is 13.4. The lowest BCUT2D eigenvalue weighted by molar-refractivity contribution is -0.142. The molecule has 1 aromatic heterocycles. The van der Waals surface area contributed by atoms with Crippen molar-refractivity contribution in [3.05, 3.63) is 89.2 Å². The van der Waals surface area contributed by atoms with Crippen molar-refractivity contribution in [2.45, 2.75) is 91.4 Å². The van der Waals surface area contributed by atoms with E-state index in [9.17, 15) is 14.1 Å². The molecule has 0 bridgehead atoms. The second kappa shape index (κ2) is 15.3. The number of rotatable bonds is 12. The van der Waals surface area contributed by atoms with Crippen LogP contribution in [0.1, 0.15) is 83.9 Å². The van der Waals surface area contributed by atoms with Crippen LogP contribution >= 0.6 is 0 Å². The molecular formula is C37H46N2O7S. The zero-order valence-electron chi connectivity index (χ0n) is 28.5. The molecule has 3 aromatic carbocycles. The summed E-state index contributed by atoms with van der Waals surface area (Å²) in [7, 11) is 0. The van der Waals surface area contributed by atoms with Crippen LogP contribution in [0.5, 0.6) is 5.75 Å². The minimum atomic E-state index is -1.29. The summed E-state index contributed by atoms with van der Waals surface area (Å²) in [4.78, 5) is 24.5. The highest BCUT2D eigenvalue weighted by atomic mass is 32.2. The molecule has 0 saturated heterocycles. The van der Waals surface area contributed by atoms with Crippen molar-refractivity contribution < 1.29 is 32.8 Å². The molecule has 0 aliphatic heterocycles. The smallest absolute Gasteiger partial charge is 0.407 e. The van der Waals surface area contributed by atoms with Crippen LogP contribution in [0.25, 0.3) is 22.1 Å². The SMILES string of the molecule is CCOC(=O)Cc1ccccc1OCc1cc(-c2cccc(CNC(=O)OC(C)(C)C)c2)c2oc([C@@H](C)N[S+]([O-])C(C)(C)C)cc2c1. The van der Waals surface area contributed by atoms with Crippen molar-refractivity contribution in [1.82, 2.24) is 10.0 Å². The van der Waals surface area contributed by atoms with E-state index in [0.29, 0.717) is 23.7 Å². The first-order valence-corrected chi connectivity index (χ1v) is 16.9. The van der Waals surface area contributed by atoms with Gasteiger partial charge in [0, 0.05) is 34.4 Å². The molecule has 0 spiro atoms. The number of ether oxygens (including phenoxy) is 3. The summed E-state index contributed by atoms with van der Waals surface area (Å²) in [6.07, 6.45) is -0.373. The molecule has 10 heteroatoms. The molecule has 1 unspecified atom stereocenters. The molecule has 0 fully saturated rings. The van der Waals surface area contributed by atoms with Crippen molar-refractivity contribution in [3.8, 4) is 16.9 Å². The Bertz CT molecular complexity index is 1690. The summed E-state index contributed by atoms with van der Waals surface area (Å²) in [6, 6.07) is 21.0. The predicted molar refractivity (Wildman–Crippen MR) is 185 cm³/mol.